The predicted octanol–water partition coefficient (Wildman–Crippen LogP) is 17.1. The summed E-state index contributed by atoms with van der Waals surface area (Å²) in [4.78, 5) is 39.8. The maximum absolute atomic E-state index is 13.4. The molecule has 9 nitrogen and oxygen atoms in total. The van der Waals surface area contributed by atoms with E-state index in [4.69, 9.17) is 13.8 Å². The minimum Gasteiger partial charge on any atom is -0.756 e. The Morgan fingerprint density at radius 2 is 0.886 bits per heavy atom. The lowest BCUT2D eigenvalue weighted by molar-refractivity contribution is -0.870. The van der Waals surface area contributed by atoms with E-state index in [1.165, 1.54) is 148 Å². The summed E-state index contributed by atoms with van der Waals surface area (Å²) in [6.07, 6.45) is 60.8. The number of carbonyl (C=O) groups excluding carboxylic acids is 2. The van der Waals surface area contributed by atoms with E-state index in [0.717, 1.165) is 89.9 Å². The van der Waals surface area contributed by atoms with Gasteiger partial charge in [-0.25, -0.2) is 0 Å². The fourth-order valence-corrected chi connectivity index (χ4v) is 9.08. The average molecular weight is 1010 g/mol. The van der Waals surface area contributed by atoms with Gasteiger partial charge in [0.1, 0.15) is 19.3 Å². The molecule has 0 aliphatic rings. The summed E-state index contributed by atoms with van der Waals surface area (Å²) in [5, 5.41) is 3.01. The summed E-state index contributed by atoms with van der Waals surface area (Å²) in [5.41, 5.74) is 0. The number of nitrogens with one attached hydrogen (secondary N) is 1. The van der Waals surface area contributed by atoms with Crippen LogP contribution in [0.4, 0.5) is 0 Å². The Labute approximate surface area is 433 Å². The Balaban J connectivity index is 5.21. The molecule has 410 valence electrons. The molecule has 0 bridgehead atoms. The van der Waals surface area contributed by atoms with Gasteiger partial charge in [0, 0.05) is 12.8 Å². The van der Waals surface area contributed by atoms with Crippen LogP contribution in [0.5, 0.6) is 0 Å². The van der Waals surface area contributed by atoms with Crippen molar-refractivity contribution in [1.29, 1.82) is 0 Å². The van der Waals surface area contributed by atoms with Crippen LogP contribution in [-0.2, 0) is 27.9 Å². The van der Waals surface area contributed by atoms with E-state index in [1.807, 2.05) is 33.3 Å². The van der Waals surface area contributed by atoms with Crippen molar-refractivity contribution in [2.24, 2.45) is 0 Å². The Kier molecular flexibility index (Phi) is 49.0. The lowest BCUT2D eigenvalue weighted by Crippen LogP contribution is -2.47. The maximum atomic E-state index is 13.4. The molecule has 1 N–H and O–H groups in total. The Morgan fingerprint density at radius 1 is 0.500 bits per heavy atom. The zero-order valence-electron chi connectivity index (χ0n) is 46.7. The van der Waals surface area contributed by atoms with Gasteiger partial charge in [0.25, 0.3) is 7.82 Å². The van der Waals surface area contributed by atoms with Crippen LogP contribution in [0.3, 0.4) is 0 Å². The second-order valence-corrected chi connectivity index (χ2v) is 22.6. The molecule has 70 heavy (non-hydrogen) atoms. The Morgan fingerprint density at radius 3 is 1.37 bits per heavy atom. The first-order valence-electron chi connectivity index (χ1n) is 29.4. The van der Waals surface area contributed by atoms with Gasteiger partial charge in [-0.3, -0.25) is 14.2 Å². The molecule has 0 saturated heterocycles. The average Bonchev–Trinajstić information content (AvgIpc) is 3.32. The van der Waals surface area contributed by atoms with Crippen LogP contribution in [0.25, 0.3) is 0 Å². The van der Waals surface area contributed by atoms with Crippen LogP contribution < -0.4 is 10.2 Å². The van der Waals surface area contributed by atoms with Crippen molar-refractivity contribution < 1.29 is 37.3 Å². The highest BCUT2D eigenvalue weighted by atomic mass is 31.2. The number of quaternary nitrogens is 1. The molecule has 10 heteroatoms. The monoisotopic (exact) mass is 1000 g/mol. The van der Waals surface area contributed by atoms with Gasteiger partial charge in [-0.2, -0.15) is 0 Å². The van der Waals surface area contributed by atoms with E-state index in [-0.39, 0.29) is 24.9 Å². The number of likely N-dealkylation sites (N-methyl/N-ethyl adjacent to an activating group) is 1. The molecule has 0 aliphatic carbocycles. The van der Waals surface area contributed by atoms with Crippen LogP contribution in [0, 0.1) is 0 Å². The molecule has 0 fully saturated rings. The van der Waals surface area contributed by atoms with Crippen molar-refractivity contribution in [3.05, 3.63) is 48.6 Å². The molecular weight excluding hydrogens is 892 g/mol. The van der Waals surface area contributed by atoms with Gasteiger partial charge in [0.15, 0.2) is 0 Å². The van der Waals surface area contributed by atoms with Crippen molar-refractivity contribution in [1.82, 2.24) is 5.32 Å². The van der Waals surface area contributed by atoms with Crippen molar-refractivity contribution in [2.75, 3.05) is 40.9 Å². The lowest BCUT2D eigenvalue weighted by atomic mass is 10.0. The second-order valence-electron chi connectivity index (χ2n) is 21.1. The smallest absolute Gasteiger partial charge is 0.306 e. The molecule has 0 saturated carbocycles. The molecule has 3 unspecified atom stereocenters. The number of nitrogens with zero attached hydrogens (tertiary/aromatic N) is 1. The Bertz CT molecular complexity index is 1340. The standard InChI is InChI=1S/C60H113N2O7P/c1-7-10-13-16-19-22-25-27-28-29-30-31-32-33-34-35-38-41-44-47-50-53-60(64)69-58(51-48-45-42-39-37-26-23-20-17-14-11-8-2)57(56-68-70(65,66)67-55-54-62(4,5)6)61-59(63)52-49-46-43-40-36-24-21-18-15-12-9-3/h18-19,21-22,27-28,48,51,57-58H,7-17,20,23-26,29-47,49-50,52-56H2,1-6H3,(H-,61,63,65,66)/b21-18-,22-19-,28-27-,51-48-. The topological polar surface area (TPSA) is 114 Å². The van der Waals surface area contributed by atoms with Gasteiger partial charge in [0.05, 0.1) is 33.8 Å². The minimum absolute atomic E-state index is 0.0239. The molecule has 0 aromatic heterocycles. The molecule has 0 heterocycles. The summed E-state index contributed by atoms with van der Waals surface area (Å²) >= 11 is 0. The van der Waals surface area contributed by atoms with E-state index < -0.39 is 26.6 Å². The summed E-state index contributed by atoms with van der Waals surface area (Å²) in [6, 6.07) is -0.890. The third kappa shape index (κ3) is 50.9. The van der Waals surface area contributed by atoms with Gasteiger partial charge in [-0.1, -0.05) is 224 Å². The predicted molar refractivity (Wildman–Crippen MR) is 298 cm³/mol. The number of unbranched alkanes of at least 4 members (excludes halogenated alkanes) is 31. The van der Waals surface area contributed by atoms with Crippen LogP contribution in [0.1, 0.15) is 271 Å². The van der Waals surface area contributed by atoms with Gasteiger partial charge < -0.3 is 28.5 Å². The highest BCUT2D eigenvalue weighted by Crippen LogP contribution is 2.38. The van der Waals surface area contributed by atoms with Gasteiger partial charge in [-0.05, 0) is 83.1 Å². The maximum Gasteiger partial charge on any atom is 0.306 e. The number of hydrogen-bond acceptors (Lipinski definition) is 7. The zero-order valence-corrected chi connectivity index (χ0v) is 47.6. The number of carbonyl (C=O) groups is 2. The number of ether oxygens (including phenoxy) is 1. The number of esters is 1. The van der Waals surface area contributed by atoms with E-state index in [9.17, 15) is 19.0 Å². The van der Waals surface area contributed by atoms with Crippen molar-refractivity contribution in [3.63, 3.8) is 0 Å². The lowest BCUT2D eigenvalue weighted by Gasteiger charge is -2.30. The summed E-state index contributed by atoms with van der Waals surface area (Å²) in [7, 11) is 1.18. The largest absolute Gasteiger partial charge is 0.756 e. The first kappa shape index (κ1) is 68.0. The number of hydrogen-bond donors (Lipinski definition) is 1. The molecule has 1 amide bonds. The Hall–Kier alpha value is -2.03. The second kappa shape index (κ2) is 50.5. The van der Waals surface area contributed by atoms with E-state index >= 15 is 0 Å². The number of rotatable bonds is 53. The van der Waals surface area contributed by atoms with Gasteiger partial charge in [-0.15, -0.1) is 0 Å². The number of phosphoric ester groups is 1. The quantitative estimate of drug-likeness (QED) is 0.0212. The van der Waals surface area contributed by atoms with E-state index in [0.29, 0.717) is 17.4 Å². The summed E-state index contributed by atoms with van der Waals surface area (Å²) in [5.74, 6) is -0.550. The van der Waals surface area contributed by atoms with Gasteiger partial charge in [0.2, 0.25) is 5.91 Å². The molecule has 0 aromatic rings. The molecule has 3 atom stereocenters. The highest BCUT2D eigenvalue weighted by molar-refractivity contribution is 7.45. The van der Waals surface area contributed by atoms with Crippen molar-refractivity contribution in [3.8, 4) is 0 Å². The van der Waals surface area contributed by atoms with Crippen molar-refractivity contribution >= 4 is 19.7 Å². The molecule has 0 aromatic carbocycles. The van der Waals surface area contributed by atoms with Crippen LogP contribution in [0.2, 0.25) is 0 Å². The van der Waals surface area contributed by atoms with Crippen LogP contribution in [-0.4, -0.2) is 69.4 Å². The highest BCUT2D eigenvalue weighted by Gasteiger charge is 2.27. The molecule has 0 spiro atoms. The SMILES string of the molecule is CCCC/C=C\CCCCCCCC(=O)NC(COP(=O)([O-])OCC[N+](C)(C)C)C(/C=C\CCCCCCCCCCCC)OC(=O)CCCCCCCCCCCCC/C=C\C/C=C\CCCCC. The molecular formula is C60H113N2O7P. The fourth-order valence-electron chi connectivity index (χ4n) is 8.36. The number of amides is 1. The third-order valence-electron chi connectivity index (χ3n) is 13.0. The number of phosphoric acid groups is 1. The molecule has 0 aliphatic heterocycles. The summed E-state index contributed by atoms with van der Waals surface area (Å²) in [6.45, 7) is 6.78. The van der Waals surface area contributed by atoms with Crippen LogP contribution >= 0.6 is 7.82 Å². The first-order chi connectivity index (χ1) is 33.9. The normalized spacial score (nSPS) is 14.1. The number of allylic oxidation sites excluding steroid dienone is 7. The van der Waals surface area contributed by atoms with Gasteiger partial charge >= 0.3 is 5.97 Å². The fraction of sp³-hybridized carbons (Fsp3) is 0.833. The molecule has 0 radical (unpaired) electrons. The molecule has 0 rings (SSSR count). The summed E-state index contributed by atoms with van der Waals surface area (Å²) < 4.78 is 30.2. The van der Waals surface area contributed by atoms with E-state index in [1.54, 1.807) is 0 Å². The zero-order chi connectivity index (χ0) is 51.5. The minimum atomic E-state index is -4.69. The van der Waals surface area contributed by atoms with Crippen molar-refractivity contribution in [2.45, 2.75) is 283 Å². The van der Waals surface area contributed by atoms with E-state index in [2.05, 4.69) is 62.5 Å². The third-order valence-corrected chi connectivity index (χ3v) is 13.9. The van der Waals surface area contributed by atoms with Crippen LogP contribution in [0.15, 0.2) is 48.6 Å². The first-order valence-corrected chi connectivity index (χ1v) is 30.9.